The lowest BCUT2D eigenvalue weighted by Crippen LogP contribution is -2.43. The van der Waals surface area contributed by atoms with E-state index in [0.29, 0.717) is 0 Å². The highest BCUT2D eigenvalue weighted by atomic mass is 19.3. The van der Waals surface area contributed by atoms with Crippen molar-refractivity contribution in [3.05, 3.63) is 41.2 Å². The molecule has 1 aliphatic carbocycles. The largest absolute Gasteiger partial charge is 0.368 e. The fraction of sp³-hybridized carbons (Fsp3) is 0.438. The van der Waals surface area contributed by atoms with Gasteiger partial charge in [0.15, 0.2) is 5.78 Å². The van der Waals surface area contributed by atoms with E-state index in [1.54, 1.807) is 13.8 Å². The molecule has 0 spiro atoms. The number of ether oxygens (including phenoxy) is 1. The Morgan fingerprint density at radius 1 is 1.45 bits per heavy atom. The highest BCUT2D eigenvalue weighted by Crippen LogP contribution is 2.46. The molecule has 0 aromatic carbocycles. The van der Waals surface area contributed by atoms with Crippen molar-refractivity contribution in [3.8, 4) is 6.07 Å². The van der Waals surface area contributed by atoms with Gasteiger partial charge in [0.05, 0.1) is 11.3 Å². The average Bonchev–Trinajstić information content (AvgIpc) is 2.49. The number of rotatable bonds is 3. The summed E-state index contributed by atoms with van der Waals surface area (Å²) in [6, 6.07) is 4.53. The third-order valence-corrected chi connectivity index (χ3v) is 3.90. The van der Waals surface area contributed by atoms with E-state index in [9.17, 15) is 18.8 Å². The lowest BCUT2D eigenvalue weighted by atomic mass is 9.68. The summed E-state index contributed by atoms with van der Waals surface area (Å²) in [5.74, 6) is -0.322. The van der Waals surface area contributed by atoms with Crippen LogP contribution in [0.1, 0.15) is 38.0 Å². The van der Waals surface area contributed by atoms with Crippen LogP contribution in [0.4, 0.5) is 8.78 Å². The minimum absolute atomic E-state index is 0.0424. The number of alkyl halides is 2. The number of pyridine rings is 1. The number of hydrogen-bond acceptors (Lipinski definition) is 4. The summed E-state index contributed by atoms with van der Waals surface area (Å²) in [5.41, 5.74) is -2.55. The molecule has 0 saturated carbocycles. The predicted molar refractivity (Wildman–Crippen MR) is 75.0 cm³/mol. The zero-order chi connectivity index (χ0) is 16.5. The Morgan fingerprint density at radius 2 is 2.14 bits per heavy atom. The first-order chi connectivity index (χ1) is 10.3. The molecule has 22 heavy (non-hydrogen) atoms. The van der Waals surface area contributed by atoms with E-state index in [4.69, 9.17) is 4.74 Å². The number of Topliss-reactive ketones (excluding diaryl/α,β-unsaturated/α-hetero) is 1. The Bertz CT molecular complexity index is 677. The fourth-order valence-electron chi connectivity index (χ4n) is 2.86. The molecule has 1 aromatic rings. The highest BCUT2D eigenvalue weighted by molar-refractivity contribution is 6.04. The van der Waals surface area contributed by atoms with Crippen molar-refractivity contribution >= 4 is 5.78 Å². The van der Waals surface area contributed by atoms with E-state index < -0.39 is 17.4 Å². The maximum Gasteiger partial charge on any atom is 0.265 e. The summed E-state index contributed by atoms with van der Waals surface area (Å²) in [7, 11) is 1.36. The van der Waals surface area contributed by atoms with Crippen LogP contribution >= 0.6 is 0 Å². The Kier molecular flexibility index (Phi) is 4.12. The van der Waals surface area contributed by atoms with Crippen LogP contribution in [0.5, 0.6) is 0 Å². The molecule has 0 radical (unpaired) electrons. The normalized spacial score (nSPS) is 24.0. The van der Waals surface area contributed by atoms with E-state index in [0.717, 1.165) is 0 Å². The van der Waals surface area contributed by atoms with Crippen molar-refractivity contribution in [2.45, 2.75) is 32.3 Å². The molecule has 1 unspecified atom stereocenters. The van der Waals surface area contributed by atoms with Crippen molar-refractivity contribution in [1.82, 2.24) is 4.98 Å². The molecule has 1 aromatic heterocycles. The van der Waals surface area contributed by atoms with E-state index in [2.05, 4.69) is 4.98 Å². The van der Waals surface area contributed by atoms with Crippen LogP contribution in [0.15, 0.2) is 30.0 Å². The van der Waals surface area contributed by atoms with Crippen molar-refractivity contribution in [2.75, 3.05) is 7.11 Å². The Morgan fingerprint density at radius 3 is 2.68 bits per heavy atom. The number of ketones is 1. The van der Waals surface area contributed by atoms with Gasteiger partial charge in [-0.2, -0.15) is 5.26 Å². The summed E-state index contributed by atoms with van der Waals surface area (Å²) in [6.45, 7) is 3.33. The van der Waals surface area contributed by atoms with Gasteiger partial charge in [0, 0.05) is 24.3 Å². The molecule has 6 heteroatoms. The van der Waals surface area contributed by atoms with Gasteiger partial charge >= 0.3 is 0 Å². The number of nitrogens with zero attached hydrogens (tertiary/aromatic N) is 2. The second-order valence-corrected chi connectivity index (χ2v) is 5.90. The van der Waals surface area contributed by atoms with Crippen LogP contribution in [0, 0.1) is 16.7 Å². The summed E-state index contributed by atoms with van der Waals surface area (Å²) in [6.07, 6.45) is 0.118. The van der Waals surface area contributed by atoms with Crippen LogP contribution in [0.2, 0.25) is 0 Å². The molecule has 0 amide bonds. The first-order valence-corrected chi connectivity index (χ1v) is 6.74. The lowest BCUT2D eigenvalue weighted by Gasteiger charge is -2.40. The summed E-state index contributed by atoms with van der Waals surface area (Å²) >= 11 is 0. The van der Waals surface area contributed by atoms with E-state index in [1.165, 1.54) is 31.5 Å². The van der Waals surface area contributed by atoms with Crippen LogP contribution in [-0.4, -0.2) is 17.9 Å². The van der Waals surface area contributed by atoms with E-state index in [1.807, 2.05) is 6.07 Å². The summed E-state index contributed by atoms with van der Waals surface area (Å²) in [5, 5.41) is 9.18. The van der Waals surface area contributed by atoms with Gasteiger partial charge in [0.1, 0.15) is 11.7 Å². The predicted octanol–water partition coefficient (Wildman–Crippen LogP) is 3.31. The van der Waals surface area contributed by atoms with Gasteiger partial charge in [0.2, 0.25) is 0 Å². The topological polar surface area (TPSA) is 63.0 Å². The maximum atomic E-state index is 13.3. The van der Waals surface area contributed by atoms with E-state index in [-0.39, 0.29) is 29.0 Å². The quantitative estimate of drug-likeness (QED) is 0.859. The van der Waals surface area contributed by atoms with Gasteiger partial charge < -0.3 is 4.74 Å². The molecule has 4 nitrogen and oxygen atoms in total. The standard InChI is InChI=1S/C16H16F2N2O2/c1-15(2)9-16(22-3,7-10(8-19)13(15)21)12-11(14(17)18)5-4-6-20-12/h4-7,14H,9H2,1-3H3. The number of methoxy groups -OCH3 is 1. The fourth-order valence-corrected chi connectivity index (χ4v) is 2.86. The Hall–Kier alpha value is -2.13. The highest BCUT2D eigenvalue weighted by Gasteiger charge is 2.48. The second-order valence-electron chi connectivity index (χ2n) is 5.90. The first-order valence-electron chi connectivity index (χ1n) is 6.74. The Balaban J connectivity index is 2.72. The van der Waals surface area contributed by atoms with Crippen molar-refractivity contribution in [3.63, 3.8) is 0 Å². The number of halogens is 2. The third-order valence-electron chi connectivity index (χ3n) is 3.90. The molecule has 1 atom stereocenters. The van der Waals surface area contributed by atoms with Crippen molar-refractivity contribution in [1.29, 1.82) is 5.26 Å². The molecule has 1 heterocycles. The lowest BCUT2D eigenvalue weighted by molar-refractivity contribution is -0.128. The first kappa shape index (κ1) is 16.2. The molecule has 0 saturated heterocycles. The second kappa shape index (κ2) is 5.58. The zero-order valence-corrected chi connectivity index (χ0v) is 12.6. The van der Waals surface area contributed by atoms with Crippen molar-refractivity contribution in [2.24, 2.45) is 5.41 Å². The molecule has 0 fully saturated rings. The van der Waals surface area contributed by atoms with Gasteiger partial charge in [0.25, 0.3) is 6.43 Å². The number of carbonyl (C=O) groups is 1. The molecule has 1 aliphatic rings. The van der Waals surface area contributed by atoms with Gasteiger partial charge in [-0.1, -0.05) is 13.8 Å². The average molecular weight is 306 g/mol. The number of hydrogen-bond donors (Lipinski definition) is 0. The molecule has 0 N–H and O–H groups in total. The zero-order valence-electron chi connectivity index (χ0n) is 12.6. The summed E-state index contributed by atoms with van der Waals surface area (Å²) in [4.78, 5) is 16.3. The number of carbonyl (C=O) groups excluding carboxylic acids is 1. The van der Waals surface area contributed by atoms with Crippen LogP contribution in [-0.2, 0) is 15.1 Å². The molecule has 0 bridgehead atoms. The smallest absolute Gasteiger partial charge is 0.265 e. The number of nitriles is 1. The molecular formula is C16H16F2N2O2. The van der Waals surface area contributed by atoms with Crippen LogP contribution < -0.4 is 0 Å². The number of allylic oxidation sites excluding steroid dienone is 1. The van der Waals surface area contributed by atoms with Gasteiger partial charge in [-0.05, 0) is 24.6 Å². The molecule has 116 valence electrons. The third kappa shape index (κ3) is 2.53. The summed E-state index contributed by atoms with van der Waals surface area (Å²) < 4.78 is 32.1. The van der Waals surface area contributed by atoms with Crippen molar-refractivity contribution < 1.29 is 18.3 Å². The SMILES string of the molecule is COC1(c2ncccc2C(F)F)C=C(C#N)C(=O)C(C)(C)C1. The maximum absolute atomic E-state index is 13.3. The van der Waals surface area contributed by atoms with Crippen LogP contribution in [0.25, 0.3) is 0 Å². The Labute approximate surface area is 127 Å². The number of aromatic nitrogens is 1. The van der Waals surface area contributed by atoms with Gasteiger partial charge in [-0.25, -0.2) is 8.78 Å². The van der Waals surface area contributed by atoms with Gasteiger partial charge in [-0.3, -0.25) is 9.78 Å². The molecule has 2 rings (SSSR count). The van der Waals surface area contributed by atoms with Gasteiger partial charge in [-0.15, -0.1) is 0 Å². The van der Waals surface area contributed by atoms with Crippen LogP contribution in [0.3, 0.4) is 0 Å². The molecule has 0 aliphatic heterocycles. The monoisotopic (exact) mass is 306 g/mol. The van der Waals surface area contributed by atoms with E-state index >= 15 is 0 Å². The minimum Gasteiger partial charge on any atom is -0.368 e. The minimum atomic E-state index is -2.73. The molecular weight excluding hydrogens is 290 g/mol.